The maximum absolute atomic E-state index is 6.23. The van der Waals surface area contributed by atoms with Crippen LogP contribution in [-0.4, -0.2) is 25.4 Å². The lowest BCUT2D eigenvalue weighted by Gasteiger charge is -2.30. The van der Waals surface area contributed by atoms with Crippen molar-refractivity contribution in [2.45, 2.75) is 26.4 Å². The van der Waals surface area contributed by atoms with Crippen LogP contribution in [0.2, 0.25) is 0 Å². The van der Waals surface area contributed by atoms with Crippen molar-refractivity contribution in [1.29, 1.82) is 0 Å². The van der Waals surface area contributed by atoms with Crippen LogP contribution in [0.25, 0.3) is 17.7 Å². The first-order valence-corrected chi connectivity index (χ1v) is 10.4. The molecule has 2 aliphatic heterocycles. The predicted octanol–water partition coefficient (Wildman–Crippen LogP) is 6.24. The molecule has 0 radical (unpaired) electrons. The molecule has 4 nitrogen and oxygen atoms in total. The smallest absolute Gasteiger partial charge is 0.137 e. The monoisotopic (exact) mass is 416 g/mol. The minimum atomic E-state index is -0.318. The van der Waals surface area contributed by atoms with Crippen molar-refractivity contribution in [2.75, 3.05) is 19.8 Å². The lowest BCUT2D eigenvalue weighted by atomic mass is 9.94. The third-order valence-corrected chi connectivity index (χ3v) is 5.32. The van der Waals surface area contributed by atoms with Crippen LogP contribution in [0, 0.1) is 6.92 Å². The van der Waals surface area contributed by atoms with Gasteiger partial charge < -0.3 is 18.9 Å². The van der Waals surface area contributed by atoms with E-state index >= 15 is 0 Å². The summed E-state index contributed by atoms with van der Waals surface area (Å²) in [6.07, 6.45) is 9.77. The molecule has 0 fully saturated rings. The molecule has 4 heteroatoms. The zero-order chi connectivity index (χ0) is 22.0. The normalized spacial score (nSPS) is 15.5. The topological polar surface area (TPSA) is 36.9 Å². The Hall–Kier alpha value is -3.40. The second-order valence-corrected chi connectivity index (χ2v) is 8.16. The predicted molar refractivity (Wildman–Crippen MR) is 126 cm³/mol. The van der Waals surface area contributed by atoms with Crippen LogP contribution >= 0.6 is 0 Å². The molecule has 0 saturated carbocycles. The molecule has 2 aromatic carbocycles. The number of hydrogen-bond acceptors (Lipinski definition) is 4. The summed E-state index contributed by atoms with van der Waals surface area (Å²) < 4.78 is 24.1. The van der Waals surface area contributed by atoms with Gasteiger partial charge >= 0.3 is 0 Å². The average molecular weight is 417 g/mol. The molecular weight excluding hydrogens is 388 g/mol. The third-order valence-electron chi connectivity index (χ3n) is 5.32. The highest BCUT2D eigenvalue weighted by atomic mass is 16.5. The Morgan fingerprint density at radius 2 is 1.84 bits per heavy atom. The lowest BCUT2D eigenvalue weighted by Crippen LogP contribution is -2.27. The molecule has 0 atom stereocenters. The summed E-state index contributed by atoms with van der Waals surface area (Å²) >= 11 is 0. The summed E-state index contributed by atoms with van der Waals surface area (Å²) in [6.45, 7) is 14.9. The third kappa shape index (κ3) is 4.11. The van der Waals surface area contributed by atoms with Crippen LogP contribution in [0.4, 0.5) is 0 Å². The quantitative estimate of drug-likeness (QED) is 0.501. The van der Waals surface area contributed by atoms with Crippen LogP contribution in [0.1, 0.15) is 36.1 Å². The molecular formula is C27H28O4. The summed E-state index contributed by atoms with van der Waals surface area (Å²) in [6, 6.07) is 8.04. The summed E-state index contributed by atoms with van der Waals surface area (Å²) in [4.78, 5) is 0. The molecule has 0 amide bonds. The summed E-state index contributed by atoms with van der Waals surface area (Å²) in [7, 11) is 0. The van der Waals surface area contributed by atoms with Gasteiger partial charge in [-0.15, -0.1) is 0 Å². The Balaban J connectivity index is 1.74. The van der Waals surface area contributed by atoms with Gasteiger partial charge in [0.05, 0.1) is 5.56 Å². The van der Waals surface area contributed by atoms with E-state index in [1.807, 2.05) is 45.0 Å². The molecule has 0 aliphatic carbocycles. The van der Waals surface area contributed by atoms with Crippen molar-refractivity contribution >= 4 is 17.7 Å². The van der Waals surface area contributed by atoms with E-state index < -0.39 is 0 Å². The maximum Gasteiger partial charge on any atom is 0.137 e. The van der Waals surface area contributed by atoms with Gasteiger partial charge in [-0.1, -0.05) is 25.3 Å². The molecule has 2 aliphatic rings. The van der Waals surface area contributed by atoms with Crippen molar-refractivity contribution in [2.24, 2.45) is 0 Å². The van der Waals surface area contributed by atoms with E-state index in [1.54, 1.807) is 12.2 Å². The van der Waals surface area contributed by atoms with E-state index in [9.17, 15) is 0 Å². The standard InChI is InChI=1S/C27H28O4/c1-6-14-28-23-11-9-21(25(18(23)3)29-15-7-2)20-16-19-8-10-24-22(26(19)30-17-20)12-13-27(4,5)31-24/h6-13,16H,1-2,14-15,17H2,3-5H3. The maximum atomic E-state index is 6.23. The van der Waals surface area contributed by atoms with E-state index in [1.165, 1.54) is 0 Å². The van der Waals surface area contributed by atoms with Gasteiger partial charge in [-0.3, -0.25) is 0 Å². The fourth-order valence-corrected chi connectivity index (χ4v) is 3.82. The molecule has 0 saturated heterocycles. The molecule has 0 bridgehead atoms. The molecule has 160 valence electrons. The SMILES string of the molecule is C=CCOc1ccc(C2=Cc3ccc4c(c3OC2)C=CC(C)(C)O4)c(OCC=C)c1C. The molecule has 0 aromatic heterocycles. The zero-order valence-corrected chi connectivity index (χ0v) is 18.4. The number of fused-ring (bicyclic) bond motifs is 3. The van der Waals surface area contributed by atoms with Crippen LogP contribution in [0.3, 0.4) is 0 Å². The number of ether oxygens (including phenoxy) is 4. The average Bonchev–Trinajstić information content (AvgIpc) is 2.76. The van der Waals surface area contributed by atoms with E-state index in [0.29, 0.717) is 19.8 Å². The highest BCUT2D eigenvalue weighted by Crippen LogP contribution is 2.44. The van der Waals surface area contributed by atoms with Crippen molar-refractivity contribution in [3.63, 3.8) is 0 Å². The zero-order valence-electron chi connectivity index (χ0n) is 18.4. The van der Waals surface area contributed by atoms with Crippen molar-refractivity contribution in [1.82, 2.24) is 0 Å². The number of hydrogen-bond donors (Lipinski definition) is 0. The van der Waals surface area contributed by atoms with Gasteiger partial charge in [0.15, 0.2) is 0 Å². The molecule has 0 N–H and O–H groups in total. The van der Waals surface area contributed by atoms with E-state index in [2.05, 4.69) is 31.4 Å². The van der Waals surface area contributed by atoms with Gasteiger partial charge in [-0.25, -0.2) is 0 Å². The Labute approximate surface area is 184 Å². The number of rotatable bonds is 7. The summed E-state index contributed by atoms with van der Waals surface area (Å²) in [5.41, 5.74) is 4.66. The molecule has 4 rings (SSSR count). The van der Waals surface area contributed by atoms with Crippen LogP contribution in [0.5, 0.6) is 23.0 Å². The van der Waals surface area contributed by atoms with Gasteiger partial charge in [-0.05, 0) is 63.3 Å². The molecule has 0 unspecified atom stereocenters. The molecule has 31 heavy (non-hydrogen) atoms. The molecule has 0 spiro atoms. The van der Waals surface area contributed by atoms with E-state index in [4.69, 9.17) is 18.9 Å². The minimum Gasteiger partial charge on any atom is -0.489 e. The fourth-order valence-electron chi connectivity index (χ4n) is 3.82. The van der Waals surface area contributed by atoms with Crippen molar-refractivity contribution in [3.05, 3.63) is 77.9 Å². The van der Waals surface area contributed by atoms with E-state index in [0.717, 1.165) is 50.8 Å². The Morgan fingerprint density at radius 1 is 1.06 bits per heavy atom. The largest absolute Gasteiger partial charge is 0.489 e. The first-order valence-electron chi connectivity index (χ1n) is 10.4. The fraction of sp³-hybridized carbons (Fsp3) is 0.259. The van der Waals surface area contributed by atoms with Crippen LogP contribution in [0.15, 0.2) is 55.7 Å². The Morgan fingerprint density at radius 3 is 2.61 bits per heavy atom. The van der Waals surface area contributed by atoms with Gasteiger partial charge in [-0.2, -0.15) is 0 Å². The van der Waals surface area contributed by atoms with Gasteiger partial charge in [0.2, 0.25) is 0 Å². The van der Waals surface area contributed by atoms with Gasteiger partial charge in [0.25, 0.3) is 0 Å². The first kappa shape index (κ1) is 20.9. The molecule has 2 aromatic rings. The Kier molecular flexibility index (Phi) is 5.64. The number of benzene rings is 2. The van der Waals surface area contributed by atoms with E-state index in [-0.39, 0.29) is 5.60 Å². The van der Waals surface area contributed by atoms with Crippen molar-refractivity contribution in [3.8, 4) is 23.0 Å². The Bertz CT molecular complexity index is 1090. The highest BCUT2D eigenvalue weighted by Gasteiger charge is 2.27. The summed E-state index contributed by atoms with van der Waals surface area (Å²) in [5.74, 6) is 3.25. The second-order valence-electron chi connectivity index (χ2n) is 8.16. The summed E-state index contributed by atoms with van der Waals surface area (Å²) in [5, 5.41) is 0. The molecule has 2 heterocycles. The van der Waals surface area contributed by atoms with Gasteiger partial charge in [0.1, 0.15) is 48.4 Å². The van der Waals surface area contributed by atoms with Crippen LogP contribution < -0.4 is 18.9 Å². The first-order chi connectivity index (χ1) is 14.9. The highest BCUT2D eigenvalue weighted by molar-refractivity contribution is 5.90. The van der Waals surface area contributed by atoms with Gasteiger partial charge in [0, 0.05) is 22.3 Å². The lowest BCUT2D eigenvalue weighted by molar-refractivity contribution is 0.158. The van der Waals surface area contributed by atoms with Crippen molar-refractivity contribution < 1.29 is 18.9 Å². The second kappa shape index (κ2) is 8.38. The minimum absolute atomic E-state index is 0.318. The van der Waals surface area contributed by atoms with Crippen LogP contribution in [-0.2, 0) is 0 Å².